The molecule has 0 unspecified atom stereocenters. The number of halogens is 1. The van der Waals surface area contributed by atoms with Crippen LogP contribution in [-0.4, -0.2) is 25.6 Å². The Bertz CT molecular complexity index is 1100. The van der Waals surface area contributed by atoms with Crippen LogP contribution in [0.3, 0.4) is 0 Å². The van der Waals surface area contributed by atoms with Crippen LogP contribution in [0.5, 0.6) is 0 Å². The predicted molar refractivity (Wildman–Crippen MR) is 125 cm³/mol. The van der Waals surface area contributed by atoms with Crippen molar-refractivity contribution in [2.75, 3.05) is 0 Å². The summed E-state index contributed by atoms with van der Waals surface area (Å²) in [6.45, 7) is 4.20. The second-order valence-electron chi connectivity index (χ2n) is 8.61. The second kappa shape index (κ2) is 8.08. The van der Waals surface area contributed by atoms with Gasteiger partial charge in [-0.15, -0.1) is 0 Å². The zero-order valence-corrected chi connectivity index (χ0v) is 18.7. The molecule has 0 bridgehead atoms. The van der Waals surface area contributed by atoms with Crippen LogP contribution in [0.4, 0.5) is 4.39 Å². The molecule has 4 nitrogen and oxygen atoms in total. The Hall–Kier alpha value is -2.73. The van der Waals surface area contributed by atoms with Crippen LogP contribution >= 0.6 is 12.2 Å². The fraction of sp³-hybridized carbons (Fsp3) is 0.360. The highest BCUT2D eigenvalue weighted by Gasteiger charge is 2.44. The van der Waals surface area contributed by atoms with Crippen molar-refractivity contribution in [2.45, 2.75) is 57.7 Å². The lowest BCUT2D eigenvalue weighted by Crippen LogP contribution is -2.37. The van der Waals surface area contributed by atoms with E-state index < -0.39 is 0 Å². The minimum absolute atomic E-state index is 0.0178. The third-order valence-electron chi connectivity index (χ3n) is 6.71. The zero-order chi connectivity index (χ0) is 21.5. The highest BCUT2D eigenvalue weighted by molar-refractivity contribution is 7.80. The molecule has 1 saturated carbocycles. The van der Waals surface area contributed by atoms with Gasteiger partial charge in [-0.1, -0.05) is 25.0 Å². The number of nitrogens with one attached hydrogen (secondary N) is 1. The Morgan fingerprint density at radius 3 is 2.58 bits per heavy atom. The van der Waals surface area contributed by atoms with Gasteiger partial charge in [0.2, 0.25) is 0 Å². The lowest BCUT2D eigenvalue weighted by molar-refractivity contribution is 0.245. The minimum Gasteiger partial charge on any atom is -0.352 e. The number of pyridine rings is 1. The molecule has 31 heavy (non-hydrogen) atoms. The van der Waals surface area contributed by atoms with Crippen molar-refractivity contribution in [1.82, 2.24) is 19.8 Å². The van der Waals surface area contributed by atoms with Crippen molar-refractivity contribution < 1.29 is 4.39 Å². The second-order valence-corrected chi connectivity index (χ2v) is 9.00. The Kier molecular flexibility index (Phi) is 5.26. The van der Waals surface area contributed by atoms with Gasteiger partial charge in [-0.3, -0.25) is 4.98 Å². The molecule has 2 aromatic heterocycles. The molecule has 0 spiro atoms. The normalized spacial score (nSPS) is 21.6. The first-order chi connectivity index (χ1) is 15.0. The van der Waals surface area contributed by atoms with Crippen LogP contribution in [0, 0.1) is 19.7 Å². The number of hydrogen-bond donors (Lipinski definition) is 1. The maximum Gasteiger partial charge on any atom is 0.170 e. The van der Waals surface area contributed by atoms with E-state index in [9.17, 15) is 4.39 Å². The largest absolute Gasteiger partial charge is 0.352 e. The van der Waals surface area contributed by atoms with Crippen molar-refractivity contribution in [3.05, 3.63) is 83.2 Å². The number of rotatable bonds is 4. The molecule has 6 heteroatoms. The molecule has 5 rings (SSSR count). The van der Waals surface area contributed by atoms with Crippen molar-refractivity contribution >= 4 is 17.3 Å². The molecule has 2 atom stereocenters. The average Bonchev–Trinajstić information content (AvgIpc) is 3.46. The maximum atomic E-state index is 14.0. The van der Waals surface area contributed by atoms with Crippen molar-refractivity contribution in [3.8, 4) is 5.69 Å². The van der Waals surface area contributed by atoms with Gasteiger partial charge in [0.25, 0.3) is 0 Å². The van der Waals surface area contributed by atoms with Crippen LogP contribution < -0.4 is 5.32 Å². The van der Waals surface area contributed by atoms with E-state index in [-0.39, 0.29) is 17.9 Å². The van der Waals surface area contributed by atoms with Gasteiger partial charge in [-0.2, -0.15) is 0 Å². The molecule has 1 aliphatic heterocycles. The number of aryl methyl sites for hydroxylation is 1. The molecule has 1 aliphatic carbocycles. The van der Waals surface area contributed by atoms with Crippen molar-refractivity contribution in [2.24, 2.45) is 0 Å². The number of aromatic nitrogens is 2. The van der Waals surface area contributed by atoms with Crippen LogP contribution in [0.15, 0.2) is 54.7 Å². The fourth-order valence-corrected chi connectivity index (χ4v) is 5.76. The highest BCUT2D eigenvalue weighted by atomic mass is 32.1. The van der Waals surface area contributed by atoms with E-state index in [0.29, 0.717) is 6.04 Å². The molecule has 0 amide bonds. The van der Waals surface area contributed by atoms with Crippen LogP contribution in [0.2, 0.25) is 0 Å². The van der Waals surface area contributed by atoms with Crippen LogP contribution in [0.25, 0.3) is 5.69 Å². The first kappa shape index (κ1) is 20.2. The number of thiocarbonyl (C=S) groups is 1. The monoisotopic (exact) mass is 434 g/mol. The Morgan fingerprint density at radius 1 is 1.06 bits per heavy atom. The molecule has 2 fully saturated rings. The summed E-state index contributed by atoms with van der Waals surface area (Å²) in [4.78, 5) is 7.07. The van der Waals surface area contributed by atoms with Gasteiger partial charge in [-0.25, -0.2) is 4.39 Å². The Balaban J connectivity index is 1.64. The maximum absolute atomic E-state index is 14.0. The smallest absolute Gasteiger partial charge is 0.170 e. The summed E-state index contributed by atoms with van der Waals surface area (Å²) in [6.07, 6.45) is 6.65. The van der Waals surface area contributed by atoms with Gasteiger partial charge >= 0.3 is 0 Å². The number of nitrogens with zero attached hydrogens (tertiary/aromatic N) is 3. The third-order valence-corrected chi connectivity index (χ3v) is 7.04. The first-order valence-corrected chi connectivity index (χ1v) is 11.4. The topological polar surface area (TPSA) is 33.1 Å². The molecule has 3 heterocycles. The molecule has 2 aliphatic rings. The van der Waals surface area contributed by atoms with Gasteiger partial charge in [0.1, 0.15) is 5.82 Å². The molecular weight excluding hydrogens is 407 g/mol. The van der Waals surface area contributed by atoms with Gasteiger partial charge in [0.05, 0.1) is 17.8 Å². The quantitative estimate of drug-likeness (QED) is 0.546. The van der Waals surface area contributed by atoms with E-state index >= 15 is 0 Å². The molecule has 1 N–H and O–H groups in total. The van der Waals surface area contributed by atoms with E-state index in [1.807, 2.05) is 24.4 Å². The molecule has 3 aromatic rings. The summed E-state index contributed by atoms with van der Waals surface area (Å²) < 4.78 is 16.1. The van der Waals surface area contributed by atoms with E-state index in [2.05, 4.69) is 45.7 Å². The number of benzene rings is 1. The van der Waals surface area contributed by atoms with Crippen LogP contribution in [0.1, 0.15) is 60.4 Å². The molecule has 1 saturated heterocycles. The SMILES string of the molecule is Cc1cc([C@H]2[C@H](c3ccccn3)NC(=S)N2C2CCCC2)c(C)n1-c1cccc(F)c1. The van der Waals surface area contributed by atoms with Gasteiger partial charge in [-0.05, 0) is 80.9 Å². The summed E-state index contributed by atoms with van der Waals surface area (Å²) >= 11 is 5.86. The zero-order valence-electron chi connectivity index (χ0n) is 17.9. The summed E-state index contributed by atoms with van der Waals surface area (Å²) in [5.41, 5.74) is 5.25. The van der Waals surface area contributed by atoms with Crippen LogP contribution in [-0.2, 0) is 0 Å². The van der Waals surface area contributed by atoms with Gasteiger partial charge < -0.3 is 14.8 Å². The molecule has 160 valence electrons. The molecular formula is C25H27FN4S. The van der Waals surface area contributed by atoms with E-state index in [4.69, 9.17) is 12.2 Å². The first-order valence-electron chi connectivity index (χ1n) is 11.0. The lowest BCUT2D eigenvalue weighted by Gasteiger charge is -2.33. The fourth-order valence-electron chi connectivity index (χ4n) is 5.37. The summed E-state index contributed by atoms with van der Waals surface area (Å²) in [5, 5.41) is 4.38. The Labute approximate surface area is 188 Å². The van der Waals surface area contributed by atoms with Gasteiger partial charge in [0.15, 0.2) is 5.11 Å². The molecule has 0 radical (unpaired) electrons. The third kappa shape index (κ3) is 3.53. The summed E-state index contributed by atoms with van der Waals surface area (Å²) in [6, 6.07) is 15.5. The molecule has 1 aromatic carbocycles. The standard InChI is InChI=1S/C25H27FN4S/c1-16-14-21(17(2)29(16)20-11-7-8-18(26)15-20)24-23(22-12-5-6-13-27-22)28-25(31)30(24)19-9-3-4-10-19/h5-8,11-15,19,23-24H,3-4,9-10H2,1-2H3,(H,28,31)/t23-,24-/m0/s1. The Morgan fingerprint density at radius 2 is 1.87 bits per heavy atom. The number of hydrogen-bond acceptors (Lipinski definition) is 2. The lowest BCUT2D eigenvalue weighted by atomic mass is 9.95. The highest BCUT2D eigenvalue weighted by Crippen LogP contribution is 2.44. The van der Waals surface area contributed by atoms with Gasteiger partial charge in [0, 0.05) is 29.3 Å². The van der Waals surface area contributed by atoms with Crippen molar-refractivity contribution in [3.63, 3.8) is 0 Å². The van der Waals surface area contributed by atoms with E-state index in [1.54, 1.807) is 12.1 Å². The summed E-state index contributed by atoms with van der Waals surface area (Å²) in [5.74, 6) is -0.228. The summed E-state index contributed by atoms with van der Waals surface area (Å²) in [7, 11) is 0. The van der Waals surface area contributed by atoms with Crippen molar-refractivity contribution in [1.29, 1.82) is 0 Å². The van der Waals surface area contributed by atoms with E-state index in [0.717, 1.165) is 40.7 Å². The van der Waals surface area contributed by atoms with E-state index in [1.165, 1.54) is 24.5 Å². The predicted octanol–water partition coefficient (Wildman–Crippen LogP) is 5.54. The minimum atomic E-state index is -0.228. The average molecular weight is 435 g/mol.